The molecule has 40 heavy (non-hydrogen) atoms. The Hall–Kier alpha value is -4.32. The molecule has 2 atom stereocenters. The summed E-state index contributed by atoms with van der Waals surface area (Å²) in [5.41, 5.74) is 1.81. The second kappa shape index (κ2) is 13.7. The zero-order valence-corrected chi connectivity index (χ0v) is 22.4. The van der Waals surface area contributed by atoms with Crippen LogP contribution in [-0.4, -0.2) is 91.4 Å². The average Bonchev–Trinajstić information content (AvgIpc) is 2.98. The lowest BCUT2D eigenvalue weighted by Gasteiger charge is -2.32. The van der Waals surface area contributed by atoms with Crippen molar-refractivity contribution < 1.29 is 33.8 Å². The largest absolute Gasteiger partial charge is 0.495 e. The molecule has 0 aromatic heterocycles. The second-order valence-corrected chi connectivity index (χ2v) is 9.75. The quantitative estimate of drug-likeness (QED) is 0.393. The topological polar surface area (TPSA) is 150 Å². The predicted octanol–water partition coefficient (Wildman–Crippen LogP) is 2.62. The number of nitrogens with zero attached hydrogens (tertiary/aromatic N) is 2. The maximum atomic E-state index is 13.0. The molecule has 2 aliphatic heterocycles. The zero-order valence-electron chi connectivity index (χ0n) is 22.4. The Kier molecular flexibility index (Phi) is 9.79. The van der Waals surface area contributed by atoms with Gasteiger partial charge in [-0.2, -0.15) is 0 Å². The van der Waals surface area contributed by atoms with Gasteiger partial charge >= 0.3 is 18.0 Å². The molecule has 2 heterocycles. The van der Waals surface area contributed by atoms with E-state index in [2.05, 4.69) is 16.0 Å². The van der Waals surface area contributed by atoms with E-state index in [0.717, 1.165) is 0 Å². The number of likely N-dealkylation sites (tertiary alicyclic amines) is 1. The fourth-order valence-electron chi connectivity index (χ4n) is 4.74. The number of amides is 5. The summed E-state index contributed by atoms with van der Waals surface area (Å²) in [4.78, 5) is 53.5. The highest BCUT2D eigenvalue weighted by Crippen LogP contribution is 2.25. The molecule has 0 bridgehead atoms. The first kappa shape index (κ1) is 28.7. The van der Waals surface area contributed by atoms with Crippen LogP contribution in [0.2, 0.25) is 0 Å². The number of hydrogen-bond acceptors (Lipinski definition) is 6. The van der Waals surface area contributed by atoms with Gasteiger partial charge in [0.05, 0.1) is 31.9 Å². The summed E-state index contributed by atoms with van der Waals surface area (Å²) in [6, 6.07) is 12.2. The molecule has 214 valence electrons. The van der Waals surface area contributed by atoms with Crippen LogP contribution in [0, 0.1) is 5.92 Å². The number of hydrogen-bond donors (Lipinski definition) is 4. The molecule has 12 heteroatoms. The number of benzene rings is 2. The number of carboxylic acids is 1. The van der Waals surface area contributed by atoms with Crippen LogP contribution in [0.4, 0.5) is 21.0 Å². The molecule has 2 aromatic rings. The van der Waals surface area contributed by atoms with E-state index in [4.69, 9.17) is 9.47 Å². The summed E-state index contributed by atoms with van der Waals surface area (Å²) in [6.07, 6.45) is 1.24. The standard InChI is InChI=1S/C28H35N5O7/c1-39-24-7-3-2-6-22(24)31-28(38)33-12-4-5-20(18-33)25(34)30-23(26(35)36)17-19-8-10-21(11-9-19)29-27(37)32-13-15-40-16-14-32/h2-3,6-11,20,23H,4-5,12-18H2,1H3,(H,29,37)(H,30,34)(H,31,38)(H,35,36)/t20?,23-/m0/s1. The molecule has 4 N–H and O–H groups in total. The maximum Gasteiger partial charge on any atom is 0.326 e. The van der Waals surface area contributed by atoms with Crippen LogP contribution in [-0.2, 0) is 20.7 Å². The van der Waals surface area contributed by atoms with Gasteiger partial charge in [-0.25, -0.2) is 14.4 Å². The van der Waals surface area contributed by atoms with E-state index in [1.807, 2.05) is 0 Å². The Labute approximate surface area is 232 Å². The fraction of sp³-hybridized carbons (Fsp3) is 0.429. The Balaban J connectivity index is 1.30. The smallest absolute Gasteiger partial charge is 0.326 e. The minimum Gasteiger partial charge on any atom is -0.495 e. The number of methoxy groups -OCH3 is 1. The van der Waals surface area contributed by atoms with Crippen molar-refractivity contribution >= 4 is 35.3 Å². The van der Waals surface area contributed by atoms with E-state index < -0.39 is 23.8 Å². The first-order valence-electron chi connectivity index (χ1n) is 13.3. The number of aliphatic carboxylic acids is 1. The number of urea groups is 2. The molecule has 5 amide bonds. The molecule has 2 saturated heterocycles. The fourth-order valence-corrected chi connectivity index (χ4v) is 4.74. The number of morpholine rings is 1. The molecule has 2 fully saturated rings. The Morgan fingerprint density at radius 2 is 1.68 bits per heavy atom. The van der Waals surface area contributed by atoms with Gasteiger partial charge in [0, 0.05) is 38.3 Å². The van der Waals surface area contributed by atoms with Gasteiger partial charge in [-0.15, -0.1) is 0 Å². The predicted molar refractivity (Wildman–Crippen MR) is 147 cm³/mol. The number of rotatable bonds is 8. The van der Waals surface area contributed by atoms with Gasteiger partial charge in [0.1, 0.15) is 11.8 Å². The lowest BCUT2D eigenvalue weighted by Crippen LogP contribution is -2.50. The minimum atomic E-state index is -1.15. The van der Waals surface area contributed by atoms with E-state index in [1.54, 1.807) is 58.3 Å². The number of carboxylic acid groups (broad SMARTS) is 1. The van der Waals surface area contributed by atoms with Gasteiger partial charge in [0.25, 0.3) is 0 Å². The van der Waals surface area contributed by atoms with E-state index in [1.165, 1.54) is 7.11 Å². The summed E-state index contributed by atoms with van der Waals surface area (Å²) in [5.74, 6) is -1.56. The normalized spacial score (nSPS) is 17.9. The Morgan fingerprint density at radius 1 is 0.975 bits per heavy atom. The molecule has 12 nitrogen and oxygen atoms in total. The number of carbonyl (C=O) groups excluding carboxylic acids is 3. The molecule has 0 aliphatic carbocycles. The summed E-state index contributed by atoms with van der Waals surface area (Å²) in [5, 5.41) is 18.1. The first-order valence-corrected chi connectivity index (χ1v) is 13.3. The monoisotopic (exact) mass is 553 g/mol. The van der Waals surface area contributed by atoms with Crippen molar-refractivity contribution in [3.8, 4) is 5.75 Å². The Bertz CT molecular complexity index is 1200. The molecule has 4 rings (SSSR count). The van der Waals surface area contributed by atoms with Crippen molar-refractivity contribution in [3.63, 3.8) is 0 Å². The van der Waals surface area contributed by atoms with Crippen molar-refractivity contribution in [2.45, 2.75) is 25.3 Å². The van der Waals surface area contributed by atoms with Crippen molar-refractivity contribution in [2.24, 2.45) is 5.92 Å². The number of carbonyl (C=O) groups is 4. The van der Waals surface area contributed by atoms with Gasteiger partial charge in [0.15, 0.2) is 0 Å². The molecule has 1 unspecified atom stereocenters. The SMILES string of the molecule is COc1ccccc1NC(=O)N1CCCC(C(=O)N[C@@H](Cc2ccc(NC(=O)N3CCOCC3)cc2)C(=O)O)C1. The third-order valence-corrected chi connectivity index (χ3v) is 6.99. The second-order valence-electron chi connectivity index (χ2n) is 9.75. The molecule has 2 aliphatic rings. The van der Waals surface area contributed by atoms with Gasteiger partial charge < -0.3 is 40.3 Å². The molecule has 0 saturated carbocycles. The minimum absolute atomic E-state index is 0.0729. The summed E-state index contributed by atoms with van der Waals surface area (Å²) >= 11 is 0. The zero-order chi connectivity index (χ0) is 28.5. The average molecular weight is 554 g/mol. The van der Waals surface area contributed by atoms with Crippen molar-refractivity contribution in [1.29, 1.82) is 0 Å². The van der Waals surface area contributed by atoms with E-state index in [9.17, 15) is 24.3 Å². The van der Waals surface area contributed by atoms with Crippen LogP contribution in [0.5, 0.6) is 5.75 Å². The summed E-state index contributed by atoms with van der Waals surface area (Å²) in [7, 11) is 1.52. The lowest BCUT2D eigenvalue weighted by atomic mass is 9.96. The number of piperidine rings is 1. The van der Waals surface area contributed by atoms with Gasteiger partial charge in [0.2, 0.25) is 5.91 Å². The van der Waals surface area contributed by atoms with Crippen molar-refractivity contribution in [3.05, 3.63) is 54.1 Å². The van der Waals surface area contributed by atoms with E-state index >= 15 is 0 Å². The first-order chi connectivity index (χ1) is 19.3. The van der Waals surface area contributed by atoms with E-state index in [-0.39, 0.29) is 25.0 Å². The van der Waals surface area contributed by atoms with Crippen LogP contribution in [0.1, 0.15) is 18.4 Å². The van der Waals surface area contributed by atoms with Crippen LogP contribution < -0.4 is 20.7 Å². The summed E-state index contributed by atoms with van der Waals surface area (Å²) in [6.45, 7) is 2.72. The molecular formula is C28H35N5O7. The molecule has 0 spiro atoms. The maximum absolute atomic E-state index is 13.0. The van der Waals surface area contributed by atoms with Crippen LogP contribution in [0.3, 0.4) is 0 Å². The molecule has 0 radical (unpaired) electrons. The van der Waals surface area contributed by atoms with Crippen molar-refractivity contribution in [2.75, 3.05) is 57.1 Å². The van der Waals surface area contributed by atoms with Crippen LogP contribution in [0.25, 0.3) is 0 Å². The lowest BCUT2D eigenvalue weighted by molar-refractivity contribution is -0.142. The van der Waals surface area contributed by atoms with Gasteiger partial charge in [-0.1, -0.05) is 24.3 Å². The highest BCUT2D eigenvalue weighted by molar-refractivity contribution is 5.92. The summed E-state index contributed by atoms with van der Waals surface area (Å²) < 4.78 is 10.5. The van der Waals surface area contributed by atoms with Gasteiger partial charge in [-0.05, 0) is 42.7 Å². The highest BCUT2D eigenvalue weighted by Gasteiger charge is 2.31. The third-order valence-electron chi connectivity index (χ3n) is 6.99. The third kappa shape index (κ3) is 7.63. The number of nitrogens with one attached hydrogen (secondary N) is 3. The molecular weight excluding hydrogens is 518 g/mol. The van der Waals surface area contributed by atoms with E-state index in [0.29, 0.717) is 68.4 Å². The van der Waals surface area contributed by atoms with Crippen LogP contribution >= 0.6 is 0 Å². The number of ether oxygens (including phenoxy) is 2. The highest BCUT2D eigenvalue weighted by atomic mass is 16.5. The van der Waals surface area contributed by atoms with Crippen molar-refractivity contribution in [1.82, 2.24) is 15.1 Å². The van der Waals surface area contributed by atoms with Gasteiger partial charge in [-0.3, -0.25) is 4.79 Å². The van der Waals surface area contributed by atoms with Crippen LogP contribution in [0.15, 0.2) is 48.5 Å². The molecule has 2 aromatic carbocycles. The number of para-hydroxylation sites is 2. The Morgan fingerprint density at radius 3 is 2.38 bits per heavy atom. The number of anilines is 2.